The summed E-state index contributed by atoms with van der Waals surface area (Å²) in [5.74, 6) is 1.15. The number of carbonyl (C=O) groups is 1. The van der Waals surface area contributed by atoms with Crippen LogP contribution >= 0.6 is 0 Å². The van der Waals surface area contributed by atoms with Gasteiger partial charge < -0.3 is 15.1 Å². The summed E-state index contributed by atoms with van der Waals surface area (Å²) < 4.78 is 0. The molecule has 0 aliphatic carbocycles. The second-order valence-electron chi connectivity index (χ2n) is 8.63. The Kier molecular flexibility index (Phi) is 7.32. The van der Waals surface area contributed by atoms with E-state index in [1.54, 1.807) is 0 Å². The maximum Gasteiger partial charge on any atom is 0.236 e. The van der Waals surface area contributed by atoms with Crippen LogP contribution < -0.4 is 10.2 Å². The number of hydrogen-bond acceptors (Lipinski definition) is 3. The van der Waals surface area contributed by atoms with E-state index in [1.165, 1.54) is 16.8 Å². The molecule has 1 heterocycles. The minimum Gasteiger partial charge on any atom is -0.368 e. The van der Waals surface area contributed by atoms with E-state index < -0.39 is 0 Å². The lowest BCUT2D eigenvalue weighted by molar-refractivity contribution is -0.130. The normalized spacial score (nSPS) is 15.8. The molecular weight excluding hydrogens is 358 g/mol. The number of piperazine rings is 1. The van der Waals surface area contributed by atoms with Crippen LogP contribution in [0.1, 0.15) is 50.8 Å². The number of rotatable bonds is 7. The first-order chi connectivity index (χ1) is 14.0. The summed E-state index contributed by atoms with van der Waals surface area (Å²) in [7, 11) is 0. The van der Waals surface area contributed by atoms with Gasteiger partial charge in [-0.3, -0.25) is 4.79 Å². The number of nitrogens with one attached hydrogen (secondary N) is 1. The average molecular weight is 394 g/mol. The summed E-state index contributed by atoms with van der Waals surface area (Å²) in [5.41, 5.74) is 3.84. The van der Waals surface area contributed by atoms with Crippen LogP contribution in [0.5, 0.6) is 0 Å². The van der Waals surface area contributed by atoms with Crippen molar-refractivity contribution in [1.29, 1.82) is 0 Å². The molecule has 29 heavy (non-hydrogen) atoms. The van der Waals surface area contributed by atoms with E-state index in [0.29, 0.717) is 18.4 Å². The van der Waals surface area contributed by atoms with Crippen molar-refractivity contribution < 1.29 is 4.79 Å². The molecule has 2 aromatic rings. The lowest BCUT2D eigenvalue weighted by Crippen LogP contribution is -2.51. The highest BCUT2D eigenvalue weighted by molar-refractivity contribution is 5.78. The van der Waals surface area contributed by atoms with Crippen LogP contribution in [0.2, 0.25) is 0 Å². The Balaban J connectivity index is 1.53. The standard InChI is InChI=1S/C25H35N3O/c1-19(2)21-10-12-22(13-11-21)25(20(3)4)26-18-24(29)28-16-14-27(15-17-28)23-8-6-5-7-9-23/h5-13,19-20,25-26H,14-18H2,1-4H3/t25-/m0/s1. The van der Waals surface area contributed by atoms with Gasteiger partial charge in [-0.2, -0.15) is 0 Å². The zero-order valence-corrected chi connectivity index (χ0v) is 18.3. The smallest absolute Gasteiger partial charge is 0.236 e. The molecule has 4 heteroatoms. The number of carbonyl (C=O) groups excluding carboxylic acids is 1. The van der Waals surface area contributed by atoms with Crippen molar-refractivity contribution in [2.45, 2.75) is 39.7 Å². The Labute approximate surface area is 175 Å². The molecule has 0 unspecified atom stereocenters. The lowest BCUT2D eigenvalue weighted by Gasteiger charge is -2.36. The second-order valence-corrected chi connectivity index (χ2v) is 8.63. The van der Waals surface area contributed by atoms with Gasteiger partial charge in [-0.1, -0.05) is 70.2 Å². The Bertz CT molecular complexity index is 762. The first-order valence-electron chi connectivity index (χ1n) is 10.9. The molecule has 1 fully saturated rings. The summed E-state index contributed by atoms with van der Waals surface area (Å²) in [6.07, 6.45) is 0. The molecule has 1 amide bonds. The SMILES string of the molecule is CC(C)c1ccc([C@@H](NCC(=O)N2CCN(c3ccccc3)CC2)C(C)C)cc1. The van der Waals surface area contributed by atoms with Crippen LogP contribution in [-0.4, -0.2) is 43.5 Å². The minimum atomic E-state index is 0.186. The number of anilines is 1. The molecule has 2 aromatic carbocycles. The molecule has 1 atom stereocenters. The highest BCUT2D eigenvalue weighted by Crippen LogP contribution is 2.24. The molecule has 0 spiro atoms. The van der Waals surface area contributed by atoms with Gasteiger partial charge in [0.25, 0.3) is 0 Å². The highest BCUT2D eigenvalue weighted by atomic mass is 16.2. The largest absolute Gasteiger partial charge is 0.368 e. The summed E-state index contributed by atoms with van der Waals surface area (Å²) in [4.78, 5) is 17.1. The third-order valence-corrected chi connectivity index (χ3v) is 5.86. The van der Waals surface area contributed by atoms with Crippen molar-refractivity contribution in [3.63, 3.8) is 0 Å². The third-order valence-electron chi connectivity index (χ3n) is 5.86. The first kappa shape index (κ1) is 21.4. The van der Waals surface area contributed by atoms with Gasteiger partial charge in [-0.25, -0.2) is 0 Å². The molecule has 0 saturated carbocycles. The fourth-order valence-electron chi connectivity index (χ4n) is 3.99. The molecule has 0 bridgehead atoms. The molecule has 3 rings (SSSR count). The fraction of sp³-hybridized carbons (Fsp3) is 0.480. The van der Waals surface area contributed by atoms with Gasteiger partial charge in [0.2, 0.25) is 5.91 Å². The van der Waals surface area contributed by atoms with Crippen molar-refractivity contribution in [3.05, 3.63) is 65.7 Å². The Morgan fingerprint density at radius 3 is 2.00 bits per heavy atom. The van der Waals surface area contributed by atoms with Gasteiger partial charge >= 0.3 is 0 Å². The number of amides is 1. The maximum absolute atomic E-state index is 12.8. The van der Waals surface area contributed by atoms with E-state index in [2.05, 4.69) is 86.4 Å². The van der Waals surface area contributed by atoms with Crippen molar-refractivity contribution in [3.8, 4) is 0 Å². The first-order valence-corrected chi connectivity index (χ1v) is 10.9. The fourth-order valence-corrected chi connectivity index (χ4v) is 3.99. The van der Waals surface area contributed by atoms with Gasteiger partial charge in [-0.05, 0) is 35.1 Å². The number of benzene rings is 2. The van der Waals surface area contributed by atoms with E-state index in [-0.39, 0.29) is 11.9 Å². The Hall–Kier alpha value is -2.33. The zero-order chi connectivity index (χ0) is 20.8. The van der Waals surface area contributed by atoms with Crippen LogP contribution in [0.4, 0.5) is 5.69 Å². The summed E-state index contributed by atoms with van der Waals surface area (Å²) in [6, 6.07) is 19.5. The molecule has 1 N–H and O–H groups in total. The maximum atomic E-state index is 12.8. The average Bonchev–Trinajstić information content (AvgIpc) is 2.74. The van der Waals surface area contributed by atoms with E-state index in [0.717, 1.165) is 26.2 Å². The summed E-state index contributed by atoms with van der Waals surface area (Å²) in [5, 5.41) is 3.52. The van der Waals surface area contributed by atoms with Gasteiger partial charge in [0, 0.05) is 37.9 Å². The number of nitrogens with zero attached hydrogens (tertiary/aromatic N) is 2. The van der Waals surface area contributed by atoms with Gasteiger partial charge in [-0.15, -0.1) is 0 Å². The summed E-state index contributed by atoms with van der Waals surface area (Å²) in [6.45, 7) is 12.6. The predicted octanol–water partition coefficient (Wildman–Crippen LogP) is 4.45. The van der Waals surface area contributed by atoms with Crippen LogP contribution in [0.3, 0.4) is 0 Å². The van der Waals surface area contributed by atoms with E-state index in [4.69, 9.17) is 0 Å². The van der Waals surface area contributed by atoms with Gasteiger partial charge in [0.15, 0.2) is 0 Å². The lowest BCUT2D eigenvalue weighted by atomic mass is 9.93. The van der Waals surface area contributed by atoms with Crippen molar-refractivity contribution >= 4 is 11.6 Å². The van der Waals surface area contributed by atoms with Crippen LogP contribution in [-0.2, 0) is 4.79 Å². The highest BCUT2D eigenvalue weighted by Gasteiger charge is 2.23. The predicted molar refractivity (Wildman–Crippen MR) is 121 cm³/mol. The molecular formula is C25H35N3O. The Morgan fingerprint density at radius 1 is 0.862 bits per heavy atom. The summed E-state index contributed by atoms with van der Waals surface area (Å²) >= 11 is 0. The van der Waals surface area contributed by atoms with Crippen molar-refractivity contribution in [2.75, 3.05) is 37.6 Å². The molecule has 4 nitrogen and oxygen atoms in total. The molecule has 1 aliphatic rings. The molecule has 0 radical (unpaired) electrons. The zero-order valence-electron chi connectivity index (χ0n) is 18.3. The minimum absolute atomic E-state index is 0.186. The number of hydrogen-bond donors (Lipinski definition) is 1. The quantitative estimate of drug-likeness (QED) is 0.755. The number of para-hydroxylation sites is 1. The molecule has 1 aliphatic heterocycles. The molecule has 156 valence electrons. The van der Waals surface area contributed by atoms with Crippen molar-refractivity contribution in [2.24, 2.45) is 5.92 Å². The van der Waals surface area contributed by atoms with E-state index in [1.807, 2.05) is 11.0 Å². The van der Waals surface area contributed by atoms with Crippen LogP contribution in [0.25, 0.3) is 0 Å². The third kappa shape index (κ3) is 5.60. The Morgan fingerprint density at radius 2 is 1.45 bits per heavy atom. The van der Waals surface area contributed by atoms with E-state index >= 15 is 0 Å². The van der Waals surface area contributed by atoms with Crippen LogP contribution in [0, 0.1) is 5.92 Å². The van der Waals surface area contributed by atoms with E-state index in [9.17, 15) is 4.79 Å². The van der Waals surface area contributed by atoms with Crippen LogP contribution in [0.15, 0.2) is 54.6 Å². The van der Waals surface area contributed by atoms with Gasteiger partial charge in [0.05, 0.1) is 6.54 Å². The topological polar surface area (TPSA) is 35.6 Å². The second kappa shape index (κ2) is 9.93. The monoisotopic (exact) mass is 393 g/mol. The molecule has 0 aromatic heterocycles. The molecule has 1 saturated heterocycles. The van der Waals surface area contributed by atoms with Gasteiger partial charge in [0.1, 0.15) is 0 Å². The van der Waals surface area contributed by atoms with Crippen molar-refractivity contribution in [1.82, 2.24) is 10.2 Å².